The number of carbonyl (C=O) groups excluding carboxylic acids is 2. The fraction of sp³-hybridized carbons (Fsp3) is 0.120. The number of rotatable bonds is 6. The number of esters is 1. The molecule has 0 aliphatic rings. The van der Waals surface area contributed by atoms with Gasteiger partial charge in [-0.15, -0.1) is 0 Å². The Labute approximate surface area is 191 Å². The van der Waals surface area contributed by atoms with Gasteiger partial charge in [0.15, 0.2) is 0 Å². The molecule has 0 bridgehead atoms. The van der Waals surface area contributed by atoms with Crippen molar-refractivity contribution in [1.82, 2.24) is 10.3 Å². The molecule has 0 aliphatic carbocycles. The van der Waals surface area contributed by atoms with Gasteiger partial charge in [0, 0.05) is 36.1 Å². The molecular weight excluding hydrogens is 418 g/mol. The first-order chi connectivity index (χ1) is 16.1. The van der Waals surface area contributed by atoms with Gasteiger partial charge in [-0.1, -0.05) is 24.0 Å². The molecule has 0 fully saturated rings. The highest BCUT2D eigenvalue weighted by Gasteiger charge is 2.05. The van der Waals surface area contributed by atoms with Crippen molar-refractivity contribution >= 4 is 23.5 Å². The molecule has 3 aromatic rings. The van der Waals surface area contributed by atoms with Gasteiger partial charge in [-0.2, -0.15) is 5.26 Å². The molecule has 2 amide bonds. The number of methoxy groups -OCH3 is 1. The van der Waals surface area contributed by atoms with E-state index >= 15 is 0 Å². The third-order valence-corrected chi connectivity index (χ3v) is 4.39. The zero-order valence-corrected chi connectivity index (χ0v) is 17.9. The van der Waals surface area contributed by atoms with Crippen LogP contribution in [0.4, 0.5) is 16.3 Å². The van der Waals surface area contributed by atoms with Crippen molar-refractivity contribution in [2.45, 2.75) is 0 Å². The largest absolute Gasteiger partial charge is 0.465 e. The van der Waals surface area contributed by atoms with E-state index in [9.17, 15) is 9.59 Å². The number of hydrogen-bond acceptors (Lipinski definition) is 6. The lowest BCUT2D eigenvalue weighted by atomic mass is 10.1. The normalized spacial score (nSPS) is 9.58. The molecule has 8 heteroatoms. The third-order valence-electron chi connectivity index (χ3n) is 4.39. The van der Waals surface area contributed by atoms with Gasteiger partial charge in [0.2, 0.25) is 0 Å². The lowest BCUT2D eigenvalue weighted by Gasteiger charge is -2.09. The maximum Gasteiger partial charge on any atom is 0.337 e. The van der Waals surface area contributed by atoms with E-state index in [-0.39, 0.29) is 6.03 Å². The minimum absolute atomic E-state index is 0.337. The van der Waals surface area contributed by atoms with Crippen LogP contribution in [-0.4, -0.2) is 37.2 Å². The number of nitrogens with one attached hydrogen (secondary N) is 3. The summed E-state index contributed by atoms with van der Waals surface area (Å²) < 4.78 is 4.72. The summed E-state index contributed by atoms with van der Waals surface area (Å²) in [6, 6.07) is 19.0. The highest BCUT2D eigenvalue weighted by atomic mass is 16.5. The SMILES string of the molecule is COC(=O)c1cccc(C#Cc2cccc(NC(=O)NCCNc3ncccc3C#N)c2)c1. The predicted molar refractivity (Wildman–Crippen MR) is 125 cm³/mol. The van der Waals surface area contributed by atoms with Crippen LogP contribution in [0.5, 0.6) is 0 Å². The maximum atomic E-state index is 12.2. The zero-order valence-electron chi connectivity index (χ0n) is 17.9. The zero-order chi connectivity index (χ0) is 23.5. The first-order valence-electron chi connectivity index (χ1n) is 10.0. The number of anilines is 2. The first kappa shape index (κ1) is 22.9. The number of benzene rings is 2. The Morgan fingerprint density at radius 3 is 2.52 bits per heavy atom. The molecule has 33 heavy (non-hydrogen) atoms. The summed E-state index contributed by atoms with van der Waals surface area (Å²) in [5.74, 6) is 6.08. The summed E-state index contributed by atoms with van der Waals surface area (Å²) in [5.41, 5.74) is 2.84. The lowest BCUT2D eigenvalue weighted by Crippen LogP contribution is -2.32. The molecule has 1 heterocycles. The fourth-order valence-electron chi connectivity index (χ4n) is 2.83. The van der Waals surface area contributed by atoms with Gasteiger partial charge in [-0.25, -0.2) is 14.6 Å². The number of carbonyl (C=O) groups is 2. The van der Waals surface area contributed by atoms with E-state index in [4.69, 9.17) is 10.00 Å². The number of aromatic nitrogens is 1. The van der Waals surface area contributed by atoms with E-state index in [0.717, 1.165) is 0 Å². The highest BCUT2D eigenvalue weighted by Crippen LogP contribution is 2.11. The second kappa shape index (κ2) is 11.5. The quantitative estimate of drug-likeness (QED) is 0.308. The van der Waals surface area contributed by atoms with Crippen LogP contribution < -0.4 is 16.0 Å². The number of nitriles is 1. The highest BCUT2D eigenvalue weighted by molar-refractivity contribution is 5.90. The Morgan fingerprint density at radius 1 is 1.00 bits per heavy atom. The van der Waals surface area contributed by atoms with Gasteiger partial charge in [0.05, 0.1) is 18.2 Å². The van der Waals surface area contributed by atoms with Gasteiger partial charge < -0.3 is 20.7 Å². The Bertz CT molecular complexity index is 1250. The van der Waals surface area contributed by atoms with Crippen LogP contribution in [0.2, 0.25) is 0 Å². The molecule has 3 rings (SSSR count). The van der Waals surface area contributed by atoms with Crippen molar-refractivity contribution in [3.8, 4) is 17.9 Å². The summed E-state index contributed by atoms with van der Waals surface area (Å²) in [6.07, 6.45) is 1.59. The van der Waals surface area contributed by atoms with E-state index in [1.807, 2.05) is 6.07 Å². The standard InChI is InChI=1S/C25H21N5O3/c1-33-24(31)20-7-2-5-18(15-20)10-11-19-6-3-9-22(16-19)30-25(32)29-14-13-28-23-21(17-26)8-4-12-27-23/h2-9,12,15-16H,13-14H2,1H3,(H,27,28)(H2,29,30,32). The molecular formula is C25H21N5O3. The maximum absolute atomic E-state index is 12.2. The van der Waals surface area contributed by atoms with Crippen molar-refractivity contribution < 1.29 is 14.3 Å². The smallest absolute Gasteiger partial charge is 0.337 e. The van der Waals surface area contributed by atoms with Crippen LogP contribution in [0.3, 0.4) is 0 Å². The van der Waals surface area contributed by atoms with Crippen molar-refractivity contribution in [2.75, 3.05) is 30.8 Å². The molecule has 1 aromatic heterocycles. The number of urea groups is 1. The van der Waals surface area contributed by atoms with Crippen LogP contribution in [-0.2, 0) is 4.74 Å². The average molecular weight is 439 g/mol. The number of pyridine rings is 1. The Morgan fingerprint density at radius 2 is 1.76 bits per heavy atom. The predicted octanol–water partition coefficient (Wildman–Crippen LogP) is 3.37. The molecule has 3 N–H and O–H groups in total. The van der Waals surface area contributed by atoms with Crippen LogP contribution in [0.1, 0.15) is 27.0 Å². The Balaban J connectivity index is 1.53. The topological polar surface area (TPSA) is 116 Å². The van der Waals surface area contributed by atoms with Crippen LogP contribution >= 0.6 is 0 Å². The van der Waals surface area contributed by atoms with Gasteiger partial charge in [-0.3, -0.25) is 0 Å². The molecule has 0 aliphatic heterocycles. The van der Waals surface area contributed by atoms with Crippen LogP contribution in [0.15, 0.2) is 66.9 Å². The van der Waals surface area contributed by atoms with Gasteiger partial charge in [0.1, 0.15) is 11.9 Å². The fourth-order valence-corrected chi connectivity index (χ4v) is 2.83. The summed E-state index contributed by atoms with van der Waals surface area (Å²) in [7, 11) is 1.33. The van der Waals surface area contributed by atoms with Crippen molar-refractivity contribution in [3.63, 3.8) is 0 Å². The molecule has 8 nitrogen and oxygen atoms in total. The molecule has 0 atom stereocenters. The summed E-state index contributed by atoms with van der Waals surface area (Å²) in [5, 5.41) is 17.6. The van der Waals surface area contributed by atoms with Crippen molar-refractivity contribution in [2.24, 2.45) is 0 Å². The van der Waals surface area contributed by atoms with E-state index in [1.165, 1.54) is 7.11 Å². The van der Waals surface area contributed by atoms with Gasteiger partial charge in [0.25, 0.3) is 0 Å². The summed E-state index contributed by atoms with van der Waals surface area (Å²) in [6.45, 7) is 0.749. The number of hydrogen-bond donors (Lipinski definition) is 3. The van der Waals surface area contributed by atoms with Gasteiger partial charge >= 0.3 is 12.0 Å². The van der Waals surface area contributed by atoms with Gasteiger partial charge in [-0.05, 0) is 48.5 Å². The van der Waals surface area contributed by atoms with Crippen LogP contribution in [0.25, 0.3) is 0 Å². The Kier molecular flexibility index (Phi) is 7.99. The molecule has 0 unspecified atom stereocenters. The molecule has 0 saturated carbocycles. The van der Waals surface area contributed by atoms with Crippen molar-refractivity contribution in [3.05, 3.63) is 89.1 Å². The van der Waals surface area contributed by atoms with Crippen molar-refractivity contribution in [1.29, 1.82) is 5.26 Å². The lowest BCUT2D eigenvalue weighted by molar-refractivity contribution is 0.0600. The third kappa shape index (κ3) is 6.84. The molecule has 2 aromatic carbocycles. The van der Waals surface area contributed by atoms with E-state index in [2.05, 4.69) is 38.8 Å². The minimum atomic E-state index is -0.420. The molecule has 164 valence electrons. The number of ether oxygens (including phenoxy) is 1. The molecule has 0 saturated heterocycles. The second-order valence-corrected chi connectivity index (χ2v) is 6.72. The minimum Gasteiger partial charge on any atom is -0.465 e. The average Bonchev–Trinajstić information content (AvgIpc) is 2.85. The Hall–Kier alpha value is -4.82. The van der Waals surface area contributed by atoms with Crippen LogP contribution in [0, 0.1) is 23.2 Å². The second-order valence-electron chi connectivity index (χ2n) is 6.72. The van der Waals surface area contributed by atoms with E-state index in [0.29, 0.717) is 46.8 Å². The number of nitrogens with zero attached hydrogens (tertiary/aromatic N) is 2. The van der Waals surface area contributed by atoms with E-state index in [1.54, 1.807) is 60.8 Å². The molecule has 0 spiro atoms. The summed E-state index contributed by atoms with van der Waals surface area (Å²) in [4.78, 5) is 27.9. The number of amides is 2. The monoisotopic (exact) mass is 439 g/mol. The van der Waals surface area contributed by atoms with E-state index < -0.39 is 5.97 Å². The first-order valence-corrected chi connectivity index (χ1v) is 10.0. The summed E-state index contributed by atoms with van der Waals surface area (Å²) >= 11 is 0. The molecule has 0 radical (unpaired) electrons.